The first kappa shape index (κ1) is 33.2. The molecule has 43 heavy (non-hydrogen) atoms. The highest BCUT2D eigenvalue weighted by molar-refractivity contribution is 7.89. The maximum absolute atomic E-state index is 13.5. The fourth-order valence-corrected chi connectivity index (χ4v) is 7.86. The normalized spacial score (nSPS) is 16.3. The Kier molecular flexibility index (Phi) is 10.7. The van der Waals surface area contributed by atoms with Gasteiger partial charge in [-0.15, -0.1) is 11.3 Å². The van der Waals surface area contributed by atoms with Gasteiger partial charge in [0.05, 0.1) is 16.0 Å². The van der Waals surface area contributed by atoms with Crippen LogP contribution in [0.1, 0.15) is 36.9 Å². The van der Waals surface area contributed by atoms with Gasteiger partial charge in [-0.3, -0.25) is 14.4 Å². The summed E-state index contributed by atoms with van der Waals surface area (Å²) < 4.78 is 29.3. The quantitative estimate of drug-likeness (QED) is 0.301. The highest BCUT2D eigenvalue weighted by Crippen LogP contribution is 2.27. The molecule has 3 aromatic rings. The standard InChI is InChI=1S/C29H34Cl2N4O6S2/c1-17(2)14-22(32-27(37)24-15-19-6-4-5-7-23(19)42-24)28(38)34-10-12-35(13-11-34)29(39)26(18(3)36)33-43(40,41)25-9-8-20(30)16-21(25)31/h4-9,15-18,22,26,33,36H,10-14H2,1-3H3,(H,32,37)/t18-,22+,26+/m1/s1. The van der Waals surface area contributed by atoms with E-state index < -0.39 is 34.1 Å². The van der Waals surface area contributed by atoms with Crippen molar-refractivity contribution in [2.24, 2.45) is 5.92 Å². The molecule has 3 atom stereocenters. The second-order valence-electron chi connectivity index (χ2n) is 10.9. The molecule has 0 saturated carbocycles. The first-order chi connectivity index (χ1) is 20.3. The Bertz CT molecular complexity index is 1570. The van der Waals surface area contributed by atoms with Crippen LogP contribution < -0.4 is 10.0 Å². The zero-order valence-corrected chi connectivity index (χ0v) is 27.1. The van der Waals surface area contributed by atoms with Crippen molar-refractivity contribution in [2.45, 2.75) is 50.3 Å². The van der Waals surface area contributed by atoms with Gasteiger partial charge in [0.25, 0.3) is 5.91 Å². The van der Waals surface area contributed by atoms with E-state index in [1.807, 2.05) is 44.2 Å². The molecule has 2 aromatic carbocycles. The second kappa shape index (κ2) is 13.9. The fraction of sp³-hybridized carbons (Fsp3) is 0.414. The van der Waals surface area contributed by atoms with Crippen LogP contribution in [0, 0.1) is 5.92 Å². The number of amides is 3. The number of thiophene rings is 1. The minimum atomic E-state index is -4.28. The number of hydrogen-bond donors (Lipinski definition) is 3. The van der Waals surface area contributed by atoms with Crippen LogP contribution in [0.15, 0.2) is 53.4 Å². The zero-order chi connectivity index (χ0) is 31.5. The number of fused-ring (bicyclic) bond motifs is 1. The lowest BCUT2D eigenvalue weighted by Crippen LogP contribution is -2.60. The van der Waals surface area contributed by atoms with Gasteiger partial charge in [-0.25, -0.2) is 8.42 Å². The van der Waals surface area contributed by atoms with Gasteiger partial charge < -0.3 is 20.2 Å². The molecular formula is C29H34Cl2N4O6S2. The van der Waals surface area contributed by atoms with Gasteiger partial charge in [-0.1, -0.05) is 55.2 Å². The Hall–Kier alpha value is -2.74. The molecule has 232 valence electrons. The van der Waals surface area contributed by atoms with Crippen molar-refractivity contribution < 1.29 is 27.9 Å². The molecule has 3 N–H and O–H groups in total. The number of carbonyl (C=O) groups is 3. The number of nitrogens with one attached hydrogen (secondary N) is 2. The monoisotopic (exact) mass is 668 g/mol. The number of rotatable bonds is 10. The molecule has 0 aliphatic carbocycles. The number of nitrogens with zero attached hydrogens (tertiary/aromatic N) is 2. The number of aliphatic hydroxyl groups is 1. The highest BCUT2D eigenvalue weighted by atomic mass is 35.5. The van der Waals surface area contributed by atoms with Crippen molar-refractivity contribution in [3.8, 4) is 0 Å². The van der Waals surface area contributed by atoms with Crippen molar-refractivity contribution in [1.29, 1.82) is 0 Å². The number of halogens is 2. The smallest absolute Gasteiger partial charge is 0.262 e. The largest absolute Gasteiger partial charge is 0.391 e. The molecule has 4 rings (SSSR count). The van der Waals surface area contributed by atoms with E-state index in [0.29, 0.717) is 11.3 Å². The van der Waals surface area contributed by atoms with Crippen molar-refractivity contribution in [1.82, 2.24) is 19.8 Å². The lowest BCUT2D eigenvalue weighted by Gasteiger charge is -2.38. The topological polar surface area (TPSA) is 136 Å². The number of benzene rings is 2. The van der Waals surface area contributed by atoms with E-state index in [2.05, 4.69) is 10.0 Å². The predicted octanol–water partition coefficient (Wildman–Crippen LogP) is 3.75. The molecular weight excluding hydrogens is 635 g/mol. The maximum Gasteiger partial charge on any atom is 0.262 e. The molecule has 1 saturated heterocycles. The number of hydrogen-bond acceptors (Lipinski definition) is 7. The van der Waals surface area contributed by atoms with Crippen molar-refractivity contribution >= 4 is 72.4 Å². The SMILES string of the molecule is CC(C)C[C@H](NC(=O)c1cc2ccccc2s1)C(=O)N1CCN(C(=O)[C@@H](NS(=O)(=O)c2ccc(Cl)cc2Cl)[C@@H](C)O)CC1. The van der Waals surface area contributed by atoms with Crippen LogP contribution in [-0.2, 0) is 19.6 Å². The fourth-order valence-electron chi connectivity index (χ4n) is 4.86. The summed E-state index contributed by atoms with van der Waals surface area (Å²) in [5.41, 5.74) is 0. The van der Waals surface area contributed by atoms with Gasteiger partial charge in [-0.05, 0) is 55.0 Å². The van der Waals surface area contributed by atoms with Gasteiger partial charge in [-0.2, -0.15) is 4.72 Å². The van der Waals surface area contributed by atoms with Gasteiger partial charge >= 0.3 is 0 Å². The van der Waals surface area contributed by atoms with Crippen LogP contribution in [-0.4, -0.2) is 85.4 Å². The predicted molar refractivity (Wildman–Crippen MR) is 168 cm³/mol. The lowest BCUT2D eigenvalue weighted by atomic mass is 10.0. The molecule has 1 aliphatic rings. The number of sulfonamides is 1. The zero-order valence-electron chi connectivity index (χ0n) is 23.9. The number of aliphatic hydroxyl groups excluding tert-OH is 1. The third-order valence-electron chi connectivity index (χ3n) is 7.08. The molecule has 0 radical (unpaired) electrons. The van der Waals surface area contributed by atoms with Crippen LogP contribution in [0.25, 0.3) is 10.1 Å². The van der Waals surface area contributed by atoms with E-state index in [4.69, 9.17) is 23.2 Å². The summed E-state index contributed by atoms with van der Waals surface area (Å²) in [6.07, 6.45) is -0.916. The van der Waals surface area contributed by atoms with E-state index in [-0.39, 0.29) is 58.9 Å². The lowest BCUT2D eigenvalue weighted by molar-refractivity contribution is -0.143. The van der Waals surface area contributed by atoms with Crippen molar-refractivity contribution in [2.75, 3.05) is 26.2 Å². The molecule has 0 unspecified atom stereocenters. The van der Waals surface area contributed by atoms with Gasteiger partial charge in [0.1, 0.15) is 17.0 Å². The number of carbonyl (C=O) groups excluding carboxylic acids is 3. The van der Waals surface area contributed by atoms with Gasteiger partial charge in [0.15, 0.2) is 0 Å². The third kappa shape index (κ3) is 8.05. The molecule has 1 aliphatic heterocycles. The Morgan fingerprint density at radius 3 is 2.16 bits per heavy atom. The first-order valence-electron chi connectivity index (χ1n) is 13.8. The summed E-state index contributed by atoms with van der Waals surface area (Å²) in [5, 5.41) is 14.3. The van der Waals surface area contributed by atoms with Crippen molar-refractivity contribution in [3.05, 3.63) is 63.5 Å². The molecule has 1 fully saturated rings. The average molecular weight is 670 g/mol. The van der Waals surface area contributed by atoms with E-state index in [1.54, 1.807) is 4.90 Å². The Balaban J connectivity index is 1.41. The summed E-state index contributed by atoms with van der Waals surface area (Å²) in [4.78, 5) is 43.2. The van der Waals surface area contributed by atoms with E-state index >= 15 is 0 Å². The van der Waals surface area contributed by atoms with Gasteiger partial charge in [0, 0.05) is 35.9 Å². The van der Waals surface area contributed by atoms with Crippen molar-refractivity contribution in [3.63, 3.8) is 0 Å². The minimum Gasteiger partial charge on any atom is -0.391 e. The van der Waals surface area contributed by atoms with Crippen LogP contribution in [0.3, 0.4) is 0 Å². The molecule has 10 nitrogen and oxygen atoms in total. The molecule has 0 spiro atoms. The summed E-state index contributed by atoms with van der Waals surface area (Å²) in [5.74, 6) is -1.07. The van der Waals surface area contributed by atoms with Crippen LogP contribution in [0.2, 0.25) is 10.0 Å². The van der Waals surface area contributed by atoms with Crippen LogP contribution in [0.4, 0.5) is 0 Å². The Morgan fingerprint density at radius 2 is 1.58 bits per heavy atom. The van der Waals surface area contributed by atoms with Crippen LogP contribution in [0.5, 0.6) is 0 Å². The molecule has 0 bridgehead atoms. The highest BCUT2D eigenvalue weighted by Gasteiger charge is 2.36. The Morgan fingerprint density at radius 1 is 0.953 bits per heavy atom. The van der Waals surface area contributed by atoms with Gasteiger partial charge in [0.2, 0.25) is 21.8 Å². The van der Waals surface area contributed by atoms with E-state index in [9.17, 15) is 27.9 Å². The third-order valence-corrected chi connectivity index (χ3v) is 10.4. The second-order valence-corrected chi connectivity index (χ2v) is 14.5. The summed E-state index contributed by atoms with van der Waals surface area (Å²) in [6.45, 7) is 5.85. The average Bonchev–Trinajstić information content (AvgIpc) is 3.39. The molecule has 2 heterocycles. The summed E-state index contributed by atoms with van der Waals surface area (Å²) >= 11 is 13.3. The maximum atomic E-state index is 13.5. The van der Waals surface area contributed by atoms with E-state index in [1.165, 1.54) is 41.4 Å². The summed E-state index contributed by atoms with van der Waals surface area (Å²) in [6, 6.07) is 11.1. The molecule has 3 amide bonds. The Labute approximate surface area is 265 Å². The number of piperazine rings is 1. The first-order valence-corrected chi connectivity index (χ1v) is 16.8. The molecule has 14 heteroatoms. The summed E-state index contributed by atoms with van der Waals surface area (Å²) in [7, 11) is -4.28. The molecule has 1 aromatic heterocycles. The van der Waals surface area contributed by atoms with E-state index in [0.717, 1.165) is 10.1 Å². The van der Waals surface area contributed by atoms with Crippen LogP contribution >= 0.6 is 34.5 Å². The minimum absolute atomic E-state index is 0.121.